The van der Waals surface area contributed by atoms with Crippen LogP contribution in [0.15, 0.2) is 6.20 Å². The van der Waals surface area contributed by atoms with Crippen molar-refractivity contribution in [3.05, 3.63) is 28.0 Å². The summed E-state index contributed by atoms with van der Waals surface area (Å²) in [6.45, 7) is 0. The molecule has 0 fully saturated rings. The summed E-state index contributed by atoms with van der Waals surface area (Å²) in [6, 6.07) is 1.53. The zero-order valence-corrected chi connectivity index (χ0v) is 8.76. The van der Waals surface area contributed by atoms with Gasteiger partial charge >= 0.3 is 5.97 Å². The van der Waals surface area contributed by atoms with Crippen molar-refractivity contribution in [2.75, 3.05) is 7.11 Å². The number of alkyl halides is 2. The fourth-order valence-electron chi connectivity index (χ4n) is 1.11. The molecule has 84 valence electrons. The van der Waals surface area contributed by atoms with E-state index in [0.717, 1.165) is 13.3 Å². The van der Waals surface area contributed by atoms with E-state index in [1.54, 1.807) is 0 Å². The van der Waals surface area contributed by atoms with Gasteiger partial charge in [-0.3, -0.25) is 0 Å². The Morgan fingerprint density at radius 3 is 2.75 bits per heavy atom. The van der Waals surface area contributed by atoms with Crippen molar-refractivity contribution in [1.29, 1.82) is 5.26 Å². The minimum Gasteiger partial charge on any atom is -0.465 e. The standard InChI is InChI=1S/C9H5ClF2N2O2/c1-16-9(15)7-5(2-13)14-3-4(10)6(7)8(11)12/h3,8H,1H3. The SMILES string of the molecule is COC(=O)c1c(C#N)ncc(Cl)c1C(F)F. The van der Waals surface area contributed by atoms with Gasteiger partial charge < -0.3 is 4.74 Å². The molecule has 1 aromatic rings. The Bertz CT molecular complexity index is 471. The van der Waals surface area contributed by atoms with Gasteiger partial charge in [-0.25, -0.2) is 18.6 Å². The highest BCUT2D eigenvalue weighted by molar-refractivity contribution is 6.31. The number of methoxy groups -OCH3 is 1. The second-order valence-electron chi connectivity index (χ2n) is 2.65. The number of ether oxygens (including phenoxy) is 1. The van der Waals surface area contributed by atoms with Gasteiger partial charge in [0.15, 0.2) is 5.69 Å². The highest BCUT2D eigenvalue weighted by Crippen LogP contribution is 2.31. The molecule has 0 saturated heterocycles. The quantitative estimate of drug-likeness (QED) is 0.752. The molecule has 0 N–H and O–H groups in total. The summed E-state index contributed by atoms with van der Waals surface area (Å²) < 4.78 is 29.6. The van der Waals surface area contributed by atoms with E-state index in [-0.39, 0.29) is 5.02 Å². The number of halogens is 3. The number of nitriles is 1. The van der Waals surface area contributed by atoms with Crippen LogP contribution in [-0.4, -0.2) is 18.1 Å². The third kappa shape index (κ3) is 2.09. The Morgan fingerprint density at radius 2 is 2.31 bits per heavy atom. The van der Waals surface area contributed by atoms with Crippen LogP contribution in [0.25, 0.3) is 0 Å². The van der Waals surface area contributed by atoms with E-state index in [0.29, 0.717) is 0 Å². The Hall–Kier alpha value is -1.74. The van der Waals surface area contributed by atoms with Crippen molar-refractivity contribution >= 4 is 17.6 Å². The number of hydrogen-bond acceptors (Lipinski definition) is 4. The molecule has 4 nitrogen and oxygen atoms in total. The second-order valence-corrected chi connectivity index (χ2v) is 3.05. The van der Waals surface area contributed by atoms with E-state index in [2.05, 4.69) is 9.72 Å². The van der Waals surface area contributed by atoms with Gasteiger partial charge in [-0.1, -0.05) is 11.6 Å². The number of nitrogens with zero attached hydrogens (tertiary/aromatic N) is 2. The summed E-state index contributed by atoms with van der Waals surface area (Å²) in [5.74, 6) is -1.07. The van der Waals surface area contributed by atoms with E-state index in [1.165, 1.54) is 6.07 Å². The normalized spacial score (nSPS) is 10.0. The summed E-state index contributed by atoms with van der Waals surface area (Å²) >= 11 is 5.49. The Labute approximate surface area is 94.4 Å². The van der Waals surface area contributed by atoms with Crippen LogP contribution in [0, 0.1) is 11.3 Å². The van der Waals surface area contributed by atoms with E-state index < -0.39 is 29.2 Å². The summed E-state index contributed by atoms with van der Waals surface area (Å²) in [6.07, 6.45) is -2.09. The van der Waals surface area contributed by atoms with Crippen LogP contribution in [0.5, 0.6) is 0 Å². The molecule has 0 aliphatic carbocycles. The number of aromatic nitrogens is 1. The molecule has 0 saturated carbocycles. The van der Waals surface area contributed by atoms with Crippen LogP contribution in [-0.2, 0) is 4.74 Å². The van der Waals surface area contributed by atoms with E-state index >= 15 is 0 Å². The molecular weight excluding hydrogens is 242 g/mol. The molecule has 0 spiro atoms. The van der Waals surface area contributed by atoms with Gasteiger partial charge in [-0.05, 0) is 0 Å². The first-order valence-electron chi connectivity index (χ1n) is 3.97. The Morgan fingerprint density at radius 1 is 1.69 bits per heavy atom. The maximum absolute atomic E-state index is 12.7. The maximum atomic E-state index is 12.7. The zero-order chi connectivity index (χ0) is 12.3. The zero-order valence-electron chi connectivity index (χ0n) is 8.00. The largest absolute Gasteiger partial charge is 0.465 e. The molecule has 0 aliphatic rings. The number of carbonyl (C=O) groups is 1. The molecule has 0 unspecified atom stereocenters. The number of rotatable bonds is 2. The highest BCUT2D eigenvalue weighted by atomic mass is 35.5. The second kappa shape index (κ2) is 4.86. The van der Waals surface area contributed by atoms with Crippen LogP contribution in [0.1, 0.15) is 28.0 Å². The van der Waals surface area contributed by atoms with Crippen LogP contribution in [0.4, 0.5) is 8.78 Å². The Balaban J connectivity index is 3.57. The summed E-state index contributed by atoms with van der Waals surface area (Å²) in [5.41, 5.74) is -1.76. The predicted molar refractivity (Wildman–Crippen MR) is 50.3 cm³/mol. The topological polar surface area (TPSA) is 63.0 Å². The van der Waals surface area contributed by atoms with Gasteiger partial charge in [0.25, 0.3) is 6.43 Å². The fraction of sp³-hybridized carbons (Fsp3) is 0.222. The molecule has 1 aromatic heterocycles. The molecule has 0 amide bonds. The van der Waals surface area contributed by atoms with Gasteiger partial charge in [0.05, 0.1) is 17.7 Å². The molecule has 1 rings (SSSR count). The smallest absolute Gasteiger partial charge is 0.341 e. The van der Waals surface area contributed by atoms with Crippen LogP contribution >= 0.6 is 11.6 Å². The minimum atomic E-state index is -2.99. The Kier molecular flexibility index (Phi) is 3.74. The lowest BCUT2D eigenvalue weighted by molar-refractivity contribution is 0.0588. The first-order valence-corrected chi connectivity index (χ1v) is 4.35. The minimum absolute atomic E-state index is 0.380. The molecule has 16 heavy (non-hydrogen) atoms. The average Bonchev–Trinajstić information content (AvgIpc) is 2.27. The van der Waals surface area contributed by atoms with Crippen molar-refractivity contribution in [1.82, 2.24) is 4.98 Å². The van der Waals surface area contributed by atoms with Gasteiger partial charge in [0.1, 0.15) is 11.6 Å². The summed E-state index contributed by atoms with van der Waals surface area (Å²) in [7, 11) is 1.01. The van der Waals surface area contributed by atoms with E-state index in [4.69, 9.17) is 16.9 Å². The lowest BCUT2D eigenvalue weighted by Crippen LogP contribution is -2.11. The van der Waals surface area contributed by atoms with Gasteiger partial charge in [-0.2, -0.15) is 5.26 Å². The third-order valence-corrected chi connectivity index (χ3v) is 2.09. The fourth-order valence-corrected chi connectivity index (χ4v) is 1.33. The van der Waals surface area contributed by atoms with Crippen LogP contribution in [0.2, 0.25) is 5.02 Å². The first kappa shape index (κ1) is 12.3. The van der Waals surface area contributed by atoms with Crippen LogP contribution in [0.3, 0.4) is 0 Å². The van der Waals surface area contributed by atoms with Crippen molar-refractivity contribution in [2.24, 2.45) is 0 Å². The van der Waals surface area contributed by atoms with Crippen molar-refractivity contribution < 1.29 is 18.3 Å². The third-order valence-electron chi connectivity index (χ3n) is 1.78. The maximum Gasteiger partial charge on any atom is 0.341 e. The van der Waals surface area contributed by atoms with Crippen LogP contribution < -0.4 is 0 Å². The van der Waals surface area contributed by atoms with Gasteiger partial charge in [0, 0.05) is 6.20 Å². The number of pyridine rings is 1. The van der Waals surface area contributed by atoms with Gasteiger partial charge in [0.2, 0.25) is 0 Å². The lowest BCUT2D eigenvalue weighted by atomic mass is 10.1. The molecule has 0 radical (unpaired) electrons. The summed E-state index contributed by atoms with van der Waals surface area (Å²) in [4.78, 5) is 14.7. The predicted octanol–water partition coefficient (Wildman–Crippen LogP) is 2.33. The van der Waals surface area contributed by atoms with Gasteiger partial charge in [-0.15, -0.1) is 0 Å². The van der Waals surface area contributed by atoms with E-state index in [9.17, 15) is 13.6 Å². The molecule has 7 heteroatoms. The van der Waals surface area contributed by atoms with Crippen molar-refractivity contribution in [3.63, 3.8) is 0 Å². The lowest BCUT2D eigenvalue weighted by Gasteiger charge is -2.09. The molecular formula is C9H5ClF2N2O2. The number of esters is 1. The molecule has 0 aliphatic heterocycles. The van der Waals surface area contributed by atoms with Crippen molar-refractivity contribution in [2.45, 2.75) is 6.43 Å². The number of carbonyl (C=O) groups excluding carboxylic acids is 1. The van der Waals surface area contributed by atoms with E-state index in [1.807, 2.05) is 0 Å². The molecule has 1 heterocycles. The average molecular weight is 247 g/mol. The molecule has 0 bridgehead atoms. The number of hydrogen-bond donors (Lipinski definition) is 0. The first-order chi connectivity index (χ1) is 7.52. The molecule has 0 aromatic carbocycles. The van der Waals surface area contributed by atoms with Crippen molar-refractivity contribution in [3.8, 4) is 6.07 Å². The highest BCUT2D eigenvalue weighted by Gasteiger charge is 2.26. The monoisotopic (exact) mass is 246 g/mol. The molecule has 0 atom stereocenters. The summed E-state index contributed by atoms with van der Waals surface area (Å²) in [5, 5.41) is 8.27.